The van der Waals surface area contributed by atoms with E-state index in [0.717, 1.165) is 16.7 Å². The number of aryl methyl sites for hydroxylation is 1. The molecular formula is C38H31N5O5S2. The van der Waals surface area contributed by atoms with E-state index in [4.69, 9.17) is 0 Å². The maximum atomic E-state index is 13.5. The van der Waals surface area contributed by atoms with Crippen molar-refractivity contribution in [3.05, 3.63) is 147 Å². The Morgan fingerprint density at radius 3 is 2.34 bits per heavy atom. The van der Waals surface area contributed by atoms with Gasteiger partial charge in [-0.2, -0.15) is 5.26 Å². The zero-order valence-electron chi connectivity index (χ0n) is 27.0. The molecule has 1 heterocycles. The molecule has 50 heavy (non-hydrogen) atoms. The van der Waals surface area contributed by atoms with Gasteiger partial charge in [0.05, 0.1) is 15.7 Å². The van der Waals surface area contributed by atoms with Crippen LogP contribution < -0.4 is 16.0 Å². The second kappa shape index (κ2) is 16.4. The van der Waals surface area contributed by atoms with Crippen LogP contribution in [0.4, 0.5) is 16.4 Å². The number of nitrogens with zero attached hydrogens (tertiary/aromatic N) is 2. The molecule has 250 valence electrons. The van der Waals surface area contributed by atoms with Crippen LogP contribution >= 0.6 is 23.1 Å². The lowest BCUT2D eigenvalue weighted by Gasteiger charge is -2.16. The van der Waals surface area contributed by atoms with Crippen LogP contribution in [-0.4, -0.2) is 27.9 Å². The predicted octanol–water partition coefficient (Wildman–Crippen LogP) is 8.42. The van der Waals surface area contributed by atoms with Gasteiger partial charge in [-0.3, -0.25) is 24.5 Å². The molecule has 5 aromatic rings. The number of carbonyl (C=O) groups excluding carboxylic acids is 3. The zero-order valence-corrected chi connectivity index (χ0v) is 28.6. The number of nitrogens with one attached hydrogen (secondary N) is 3. The molecule has 1 atom stereocenters. The molecular weight excluding hydrogens is 671 g/mol. The minimum Gasteiger partial charge on any atom is -0.321 e. The van der Waals surface area contributed by atoms with E-state index in [-0.39, 0.29) is 17.3 Å². The average molecular weight is 702 g/mol. The van der Waals surface area contributed by atoms with E-state index in [9.17, 15) is 29.8 Å². The molecule has 0 fully saturated rings. The first-order valence-electron chi connectivity index (χ1n) is 15.4. The Hall–Kier alpha value is -6.03. The van der Waals surface area contributed by atoms with Gasteiger partial charge in [-0.1, -0.05) is 61.0 Å². The van der Waals surface area contributed by atoms with Crippen LogP contribution in [0.15, 0.2) is 119 Å². The largest absolute Gasteiger partial charge is 0.321 e. The van der Waals surface area contributed by atoms with Gasteiger partial charge in [0.1, 0.15) is 16.8 Å². The minimum absolute atomic E-state index is 0.0779. The average Bonchev–Trinajstić information content (AvgIpc) is 3.53. The molecule has 0 aliphatic carbocycles. The molecule has 1 aromatic heterocycles. The van der Waals surface area contributed by atoms with Gasteiger partial charge in [0.15, 0.2) is 0 Å². The maximum Gasteiger partial charge on any atom is 0.272 e. The smallest absolute Gasteiger partial charge is 0.272 e. The quantitative estimate of drug-likeness (QED) is 0.0511. The van der Waals surface area contributed by atoms with Crippen molar-refractivity contribution in [3.8, 4) is 17.2 Å². The molecule has 0 spiro atoms. The van der Waals surface area contributed by atoms with Crippen LogP contribution in [-0.2, 0) is 9.59 Å². The molecule has 3 amide bonds. The van der Waals surface area contributed by atoms with Gasteiger partial charge in [0.25, 0.3) is 17.5 Å². The number of nitro benzene ring substituents is 1. The second-order valence-electron chi connectivity index (χ2n) is 11.0. The Bertz CT molecular complexity index is 2100. The topological polar surface area (TPSA) is 154 Å². The van der Waals surface area contributed by atoms with E-state index in [2.05, 4.69) is 22.0 Å². The number of carbonyl (C=O) groups is 3. The van der Waals surface area contributed by atoms with E-state index in [1.807, 2.05) is 49.6 Å². The SMILES string of the molecule is CCC(Sc1cccc(NC(=O)/C(=C\c2ccc([N+](=O)[O-])cc2)NC(=O)c2ccccc2)c1)C(=O)Nc1scc(-c2ccc(C)cc2)c1C#N. The third-order valence-corrected chi connectivity index (χ3v) is 9.73. The minimum atomic E-state index is -0.620. The number of hydrogen-bond donors (Lipinski definition) is 3. The normalized spacial score (nSPS) is 11.6. The Balaban J connectivity index is 1.31. The summed E-state index contributed by atoms with van der Waals surface area (Å²) in [6, 6.07) is 31.0. The van der Waals surface area contributed by atoms with E-state index in [1.54, 1.807) is 48.5 Å². The summed E-state index contributed by atoms with van der Waals surface area (Å²) < 4.78 is 0. The summed E-state index contributed by atoms with van der Waals surface area (Å²) >= 11 is 2.62. The highest BCUT2D eigenvalue weighted by molar-refractivity contribution is 8.00. The van der Waals surface area contributed by atoms with Crippen molar-refractivity contribution in [2.45, 2.75) is 30.4 Å². The highest BCUT2D eigenvalue weighted by atomic mass is 32.2. The number of hydrogen-bond acceptors (Lipinski definition) is 8. The fourth-order valence-electron chi connectivity index (χ4n) is 4.83. The molecule has 0 aliphatic rings. The van der Waals surface area contributed by atoms with Gasteiger partial charge in [-0.25, -0.2) is 0 Å². The molecule has 3 N–H and O–H groups in total. The van der Waals surface area contributed by atoms with Crippen molar-refractivity contribution < 1.29 is 19.3 Å². The molecule has 0 saturated heterocycles. The summed E-state index contributed by atoms with van der Waals surface area (Å²) in [7, 11) is 0. The van der Waals surface area contributed by atoms with E-state index < -0.39 is 22.0 Å². The number of nitro groups is 1. The van der Waals surface area contributed by atoms with Crippen LogP contribution in [0.2, 0.25) is 0 Å². The Morgan fingerprint density at radius 2 is 1.68 bits per heavy atom. The van der Waals surface area contributed by atoms with Gasteiger partial charge >= 0.3 is 0 Å². The summed E-state index contributed by atoms with van der Waals surface area (Å²) in [5, 5.41) is 31.3. The highest BCUT2D eigenvalue weighted by Crippen LogP contribution is 2.36. The summed E-state index contributed by atoms with van der Waals surface area (Å²) in [5.41, 5.74) is 4.22. The lowest BCUT2D eigenvalue weighted by Crippen LogP contribution is -2.30. The van der Waals surface area contributed by atoms with Crippen molar-refractivity contribution in [1.29, 1.82) is 5.26 Å². The van der Waals surface area contributed by atoms with Gasteiger partial charge in [0, 0.05) is 39.2 Å². The molecule has 1 unspecified atom stereocenters. The number of nitriles is 1. The molecule has 0 aliphatic heterocycles. The number of anilines is 2. The fraction of sp³-hybridized carbons (Fsp3) is 0.105. The van der Waals surface area contributed by atoms with Crippen LogP contribution in [0.1, 0.15) is 40.4 Å². The summed E-state index contributed by atoms with van der Waals surface area (Å²) in [5.74, 6) is -1.38. The molecule has 0 bridgehead atoms. The number of thioether (sulfide) groups is 1. The molecule has 0 radical (unpaired) electrons. The lowest BCUT2D eigenvalue weighted by atomic mass is 10.0. The molecule has 0 saturated carbocycles. The summed E-state index contributed by atoms with van der Waals surface area (Å²) in [6.45, 7) is 3.89. The first-order valence-corrected chi connectivity index (χ1v) is 17.2. The van der Waals surface area contributed by atoms with Crippen LogP contribution in [0, 0.1) is 28.4 Å². The molecule has 12 heteroatoms. The third kappa shape index (κ3) is 8.90. The fourth-order valence-corrected chi connectivity index (χ4v) is 6.77. The van der Waals surface area contributed by atoms with Crippen LogP contribution in [0.3, 0.4) is 0 Å². The number of benzene rings is 4. The maximum absolute atomic E-state index is 13.5. The first kappa shape index (κ1) is 35.3. The van der Waals surface area contributed by atoms with Gasteiger partial charge < -0.3 is 16.0 Å². The Morgan fingerprint density at radius 1 is 0.960 bits per heavy atom. The standard InChI is InChI=1S/C38H31N5O5S2/c1-3-34(37(46)42-38-31(22-39)32(23-49-38)26-16-12-24(2)13-17-26)50-30-11-7-10-28(21-30)40-36(45)33(41-35(44)27-8-5-4-6-9-27)20-25-14-18-29(19-15-25)43(47)48/h4-21,23,34H,3H2,1-2H3,(H,40,45)(H,41,44)(H,42,46)/b33-20+. The van der Waals surface area contributed by atoms with E-state index in [1.165, 1.54) is 53.4 Å². The summed E-state index contributed by atoms with van der Waals surface area (Å²) in [6.07, 6.45) is 1.93. The lowest BCUT2D eigenvalue weighted by molar-refractivity contribution is -0.384. The van der Waals surface area contributed by atoms with Crippen molar-refractivity contribution in [3.63, 3.8) is 0 Å². The Labute approximate surface area is 297 Å². The monoisotopic (exact) mass is 701 g/mol. The van der Waals surface area contributed by atoms with E-state index in [0.29, 0.717) is 38.7 Å². The van der Waals surface area contributed by atoms with Crippen molar-refractivity contribution in [2.24, 2.45) is 0 Å². The molecule has 4 aromatic carbocycles. The third-order valence-electron chi connectivity index (χ3n) is 7.48. The van der Waals surface area contributed by atoms with Gasteiger partial charge in [-0.05, 0) is 73.0 Å². The zero-order chi connectivity index (χ0) is 35.6. The van der Waals surface area contributed by atoms with Crippen LogP contribution in [0.5, 0.6) is 0 Å². The first-order chi connectivity index (χ1) is 24.1. The number of amides is 3. The van der Waals surface area contributed by atoms with Crippen molar-refractivity contribution in [1.82, 2.24) is 5.32 Å². The van der Waals surface area contributed by atoms with Gasteiger partial charge in [-0.15, -0.1) is 23.1 Å². The van der Waals surface area contributed by atoms with E-state index >= 15 is 0 Å². The van der Waals surface area contributed by atoms with Crippen molar-refractivity contribution >= 4 is 63.3 Å². The molecule has 5 rings (SSSR count). The number of thiophene rings is 1. The predicted molar refractivity (Wildman–Crippen MR) is 198 cm³/mol. The highest BCUT2D eigenvalue weighted by Gasteiger charge is 2.22. The van der Waals surface area contributed by atoms with Crippen LogP contribution in [0.25, 0.3) is 17.2 Å². The summed E-state index contributed by atoms with van der Waals surface area (Å²) in [4.78, 5) is 51.2. The second-order valence-corrected chi connectivity index (χ2v) is 13.2. The van der Waals surface area contributed by atoms with Crippen molar-refractivity contribution in [2.75, 3.05) is 10.6 Å². The Kier molecular flexibility index (Phi) is 11.6. The number of non-ortho nitro benzene ring substituents is 1. The van der Waals surface area contributed by atoms with Gasteiger partial charge in [0.2, 0.25) is 5.91 Å². The number of rotatable bonds is 12. The molecule has 10 nitrogen and oxygen atoms in total.